The van der Waals surface area contributed by atoms with Crippen molar-refractivity contribution in [2.45, 2.75) is 19.0 Å². The maximum Gasteiger partial charge on any atom is 0.188 e. The van der Waals surface area contributed by atoms with Crippen molar-refractivity contribution in [3.05, 3.63) is 17.5 Å². The van der Waals surface area contributed by atoms with Crippen molar-refractivity contribution in [2.75, 3.05) is 12.3 Å². The lowest BCUT2D eigenvalue weighted by atomic mass is 10.4. The summed E-state index contributed by atoms with van der Waals surface area (Å²) >= 11 is 1.60. The van der Waals surface area contributed by atoms with Crippen LogP contribution >= 0.6 is 11.8 Å². The van der Waals surface area contributed by atoms with Gasteiger partial charge in [0, 0.05) is 23.7 Å². The van der Waals surface area contributed by atoms with Gasteiger partial charge in [-0.05, 0) is 19.9 Å². The summed E-state index contributed by atoms with van der Waals surface area (Å²) in [6.45, 7) is 4.61. The zero-order valence-corrected chi connectivity index (χ0v) is 8.19. The van der Waals surface area contributed by atoms with E-state index in [1.54, 1.807) is 11.8 Å². The van der Waals surface area contributed by atoms with Crippen molar-refractivity contribution in [1.82, 2.24) is 9.97 Å². The average Bonchev–Trinajstić information content (AvgIpc) is 1.99. The second-order valence-electron chi connectivity index (χ2n) is 2.57. The van der Waals surface area contributed by atoms with Crippen LogP contribution in [0.3, 0.4) is 0 Å². The standard InChI is InChI=1S/C8H13N3S/c1-6-5-7(2)11-8(10-6)12-4-3-9/h5H,3-4,9H2,1-2H3. The molecule has 12 heavy (non-hydrogen) atoms. The van der Waals surface area contributed by atoms with Crippen LogP contribution in [-0.4, -0.2) is 22.3 Å². The zero-order chi connectivity index (χ0) is 8.97. The molecular weight excluding hydrogens is 170 g/mol. The number of nitrogens with zero attached hydrogens (tertiary/aromatic N) is 2. The van der Waals surface area contributed by atoms with E-state index in [2.05, 4.69) is 9.97 Å². The maximum atomic E-state index is 5.38. The van der Waals surface area contributed by atoms with Crippen LogP contribution in [0.5, 0.6) is 0 Å². The molecule has 1 aromatic heterocycles. The van der Waals surface area contributed by atoms with Gasteiger partial charge < -0.3 is 5.73 Å². The molecule has 0 aliphatic carbocycles. The summed E-state index contributed by atoms with van der Waals surface area (Å²) in [5.74, 6) is 0.878. The van der Waals surface area contributed by atoms with Gasteiger partial charge in [0.15, 0.2) is 5.16 Å². The van der Waals surface area contributed by atoms with Crippen LogP contribution < -0.4 is 5.73 Å². The van der Waals surface area contributed by atoms with Crippen LogP contribution in [-0.2, 0) is 0 Å². The molecule has 66 valence electrons. The third kappa shape index (κ3) is 2.79. The van der Waals surface area contributed by atoms with Crippen LogP contribution in [0.1, 0.15) is 11.4 Å². The van der Waals surface area contributed by atoms with Crippen molar-refractivity contribution in [3.8, 4) is 0 Å². The minimum absolute atomic E-state index is 0.668. The first kappa shape index (κ1) is 9.48. The molecule has 3 nitrogen and oxygen atoms in total. The van der Waals surface area contributed by atoms with Crippen LogP contribution in [0.2, 0.25) is 0 Å². The molecule has 0 atom stereocenters. The molecule has 4 heteroatoms. The summed E-state index contributed by atoms with van der Waals surface area (Å²) in [7, 11) is 0. The molecule has 0 spiro atoms. The van der Waals surface area contributed by atoms with E-state index in [1.807, 2.05) is 19.9 Å². The van der Waals surface area contributed by atoms with Gasteiger partial charge in [0.1, 0.15) is 0 Å². The largest absolute Gasteiger partial charge is 0.330 e. The van der Waals surface area contributed by atoms with Gasteiger partial charge in [-0.15, -0.1) is 0 Å². The normalized spacial score (nSPS) is 10.2. The minimum Gasteiger partial charge on any atom is -0.330 e. The highest BCUT2D eigenvalue weighted by molar-refractivity contribution is 7.99. The molecule has 1 aromatic rings. The Kier molecular flexibility index (Phi) is 3.49. The van der Waals surface area contributed by atoms with E-state index in [-0.39, 0.29) is 0 Å². The van der Waals surface area contributed by atoms with Gasteiger partial charge in [0.25, 0.3) is 0 Å². The SMILES string of the molecule is Cc1cc(C)nc(SCCN)n1. The van der Waals surface area contributed by atoms with Crippen molar-refractivity contribution in [3.63, 3.8) is 0 Å². The number of hydrogen-bond acceptors (Lipinski definition) is 4. The molecule has 0 bridgehead atoms. The molecule has 2 N–H and O–H groups in total. The lowest BCUT2D eigenvalue weighted by Crippen LogP contribution is -2.02. The first-order valence-electron chi connectivity index (χ1n) is 3.87. The highest BCUT2D eigenvalue weighted by Gasteiger charge is 1.98. The van der Waals surface area contributed by atoms with Crippen molar-refractivity contribution >= 4 is 11.8 Å². The van der Waals surface area contributed by atoms with Crippen LogP contribution in [0.4, 0.5) is 0 Å². The Morgan fingerprint density at radius 2 is 1.92 bits per heavy atom. The van der Waals surface area contributed by atoms with Gasteiger partial charge in [-0.1, -0.05) is 11.8 Å². The molecule has 1 heterocycles. The third-order valence-corrected chi connectivity index (χ3v) is 2.19. The molecule has 0 aliphatic rings. The van der Waals surface area contributed by atoms with Gasteiger partial charge >= 0.3 is 0 Å². The Bertz CT molecular complexity index is 242. The van der Waals surface area contributed by atoms with Gasteiger partial charge in [0.2, 0.25) is 0 Å². The van der Waals surface area contributed by atoms with Crippen LogP contribution in [0, 0.1) is 13.8 Å². The average molecular weight is 183 g/mol. The first-order chi connectivity index (χ1) is 5.72. The summed E-state index contributed by atoms with van der Waals surface area (Å²) in [5, 5.41) is 0.831. The second kappa shape index (κ2) is 4.42. The lowest BCUT2D eigenvalue weighted by Gasteiger charge is -2.00. The van der Waals surface area contributed by atoms with Gasteiger partial charge in [-0.25, -0.2) is 9.97 Å². The van der Waals surface area contributed by atoms with Crippen molar-refractivity contribution in [2.24, 2.45) is 5.73 Å². The third-order valence-electron chi connectivity index (χ3n) is 1.31. The van der Waals surface area contributed by atoms with Gasteiger partial charge in [0.05, 0.1) is 0 Å². The number of thioether (sulfide) groups is 1. The maximum absolute atomic E-state index is 5.38. The number of aryl methyl sites for hydroxylation is 2. The van der Waals surface area contributed by atoms with E-state index in [0.717, 1.165) is 22.3 Å². The molecule has 1 rings (SSSR count). The Morgan fingerprint density at radius 3 is 2.42 bits per heavy atom. The fourth-order valence-electron chi connectivity index (χ4n) is 0.908. The van der Waals surface area contributed by atoms with E-state index < -0.39 is 0 Å². The summed E-state index contributed by atoms with van der Waals surface area (Å²) in [6.07, 6.45) is 0. The molecule has 0 saturated heterocycles. The molecular formula is C8H13N3S. The van der Waals surface area contributed by atoms with Crippen molar-refractivity contribution < 1.29 is 0 Å². The van der Waals surface area contributed by atoms with E-state index in [9.17, 15) is 0 Å². The predicted molar refractivity (Wildman–Crippen MR) is 51.3 cm³/mol. The van der Waals surface area contributed by atoms with Crippen molar-refractivity contribution in [1.29, 1.82) is 0 Å². The van der Waals surface area contributed by atoms with Gasteiger partial charge in [-0.2, -0.15) is 0 Å². The fraction of sp³-hybridized carbons (Fsp3) is 0.500. The van der Waals surface area contributed by atoms with Crippen LogP contribution in [0.25, 0.3) is 0 Å². The monoisotopic (exact) mass is 183 g/mol. The molecule has 0 amide bonds. The van der Waals surface area contributed by atoms with E-state index in [0.29, 0.717) is 6.54 Å². The summed E-state index contributed by atoms with van der Waals surface area (Å²) in [5.41, 5.74) is 7.41. The number of hydrogen-bond donors (Lipinski definition) is 1. The Balaban J connectivity index is 2.72. The van der Waals surface area contributed by atoms with E-state index in [4.69, 9.17) is 5.73 Å². The van der Waals surface area contributed by atoms with Crippen LogP contribution in [0.15, 0.2) is 11.2 Å². The number of nitrogens with two attached hydrogens (primary N) is 1. The summed E-state index contributed by atoms with van der Waals surface area (Å²) in [4.78, 5) is 8.54. The second-order valence-corrected chi connectivity index (χ2v) is 3.63. The highest BCUT2D eigenvalue weighted by atomic mass is 32.2. The molecule has 0 radical (unpaired) electrons. The van der Waals surface area contributed by atoms with E-state index >= 15 is 0 Å². The number of aromatic nitrogens is 2. The summed E-state index contributed by atoms with van der Waals surface area (Å²) < 4.78 is 0. The topological polar surface area (TPSA) is 51.8 Å². The van der Waals surface area contributed by atoms with Gasteiger partial charge in [-0.3, -0.25) is 0 Å². The Labute approximate surface area is 76.8 Å². The minimum atomic E-state index is 0.668. The quantitative estimate of drug-likeness (QED) is 0.564. The van der Waals surface area contributed by atoms with E-state index in [1.165, 1.54) is 0 Å². The first-order valence-corrected chi connectivity index (χ1v) is 4.86. The molecule has 0 fully saturated rings. The molecule has 0 aliphatic heterocycles. The number of rotatable bonds is 3. The lowest BCUT2D eigenvalue weighted by molar-refractivity contribution is 0.901. The predicted octanol–water partition coefficient (Wildman–Crippen LogP) is 1.14. The fourth-order valence-corrected chi connectivity index (χ4v) is 1.63. The molecule has 0 unspecified atom stereocenters. The summed E-state index contributed by atoms with van der Waals surface area (Å²) in [6, 6.07) is 1.96. The molecule has 0 saturated carbocycles. The Hall–Kier alpha value is -0.610. The smallest absolute Gasteiger partial charge is 0.188 e. The zero-order valence-electron chi connectivity index (χ0n) is 7.37. The highest BCUT2D eigenvalue weighted by Crippen LogP contribution is 2.12. The Morgan fingerprint density at radius 1 is 1.33 bits per heavy atom. The molecule has 0 aromatic carbocycles.